The van der Waals surface area contributed by atoms with E-state index in [1.165, 1.54) is 19.3 Å². The highest BCUT2D eigenvalue weighted by Gasteiger charge is 2.40. The summed E-state index contributed by atoms with van der Waals surface area (Å²) in [5.74, 6) is 0.590. The number of fused-ring (bicyclic) bond motifs is 2. The Balaban J connectivity index is 1.80. The third-order valence-corrected chi connectivity index (χ3v) is 4.31. The first kappa shape index (κ1) is 13.2. The van der Waals surface area contributed by atoms with Crippen molar-refractivity contribution < 1.29 is 14.7 Å². The minimum atomic E-state index is -0.860. The Bertz CT molecular complexity index is 332. The number of carboxylic acid groups (broad SMARTS) is 1. The van der Waals surface area contributed by atoms with Crippen LogP contribution in [0.5, 0.6) is 0 Å². The number of hydrogen-bond donors (Lipinski definition) is 2. The highest BCUT2D eigenvalue weighted by atomic mass is 16.4. The van der Waals surface area contributed by atoms with Gasteiger partial charge in [-0.3, -0.25) is 4.79 Å². The van der Waals surface area contributed by atoms with E-state index < -0.39 is 5.97 Å². The van der Waals surface area contributed by atoms with Gasteiger partial charge in [-0.25, -0.2) is 4.79 Å². The maximum atomic E-state index is 12.0. The molecule has 18 heavy (non-hydrogen) atoms. The Kier molecular flexibility index (Phi) is 4.09. The summed E-state index contributed by atoms with van der Waals surface area (Å²) in [5, 5.41) is 11.7. The molecule has 3 unspecified atom stereocenters. The van der Waals surface area contributed by atoms with Gasteiger partial charge in [-0.05, 0) is 38.0 Å². The van der Waals surface area contributed by atoms with E-state index in [-0.39, 0.29) is 12.5 Å². The van der Waals surface area contributed by atoms with Gasteiger partial charge in [0, 0.05) is 19.1 Å². The standard InChI is InChI=1S/C13H22N2O3/c1-2-15(6-5-12(16)17)13(18)14-11-8-9-3-4-10(11)7-9/h9-11H,2-8H2,1H3,(H,14,18)(H,16,17). The van der Waals surface area contributed by atoms with Crippen LogP contribution in [0, 0.1) is 11.8 Å². The molecule has 0 aromatic heterocycles. The normalized spacial score (nSPS) is 29.3. The zero-order valence-electron chi connectivity index (χ0n) is 10.9. The smallest absolute Gasteiger partial charge is 0.317 e. The average molecular weight is 254 g/mol. The van der Waals surface area contributed by atoms with Crippen molar-refractivity contribution in [3.8, 4) is 0 Å². The largest absolute Gasteiger partial charge is 0.481 e. The minimum absolute atomic E-state index is 0.0119. The summed E-state index contributed by atoms with van der Waals surface area (Å²) in [6.07, 6.45) is 4.92. The van der Waals surface area contributed by atoms with Gasteiger partial charge in [0.2, 0.25) is 0 Å². The van der Waals surface area contributed by atoms with E-state index in [4.69, 9.17) is 5.11 Å². The second-order valence-electron chi connectivity index (χ2n) is 5.45. The van der Waals surface area contributed by atoms with Crippen molar-refractivity contribution in [3.63, 3.8) is 0 Å². The summed E-state index contributed by atoms with van der Waals surface area (Å²) in [6, 6.07) is 0.214. The van der Waals surface area contributed by atoms with Crippen LogP contribution in [0.1, 0.15) is 39.0 Å². The number of nitrogens with zero attached hydrogens (tertiary/aromatic N) is 1. The molecule has 2 N–H and O–H groups in total. The van der Waals surface area contributed by atoms with Crippen molar-refractivity contribution in [3.05, 3.63) is 0 Å². The first-order chi connectivity index (χ1) is 8.60. The van der Waals surface area contributed by atoms with Crippen molar-refractivity contribution in [1.82, 2.24) is 10.2 Å². The first-order valence-corrected chi connectivity index (χ1v) is 6.87. The van der Waals surface area contributed by atoms with Gasteiger partial charge in [-0.2, -0.15) is 0 Å². The predicted molar refractivity (Wildman–Crippen MR) is 67.3 cm³/mol. The lowest BCUT2D eigenvalue weighted by molar-refractivity contribution is -0.137. The van der Waals surface area contributed by atoms with Gasteiger partial charge in [-0.15, -0.1) is 0 Å². The molecule has 0 heterocycles. The Hall–Kier alpha value is -1.26. The summed E-state index contributed by atoms with van der Waals surface area (Å²) < 4.78 is 0. The molecule has 0 spiro atoms. The molecule has 2 saturated carbocycles. The van der Waals surface area contributed by atoms with E-state index in [0.29, 0.717) is 25.0 Å². The Morgan fingerprint density at radius 3 is 2.61 bits per heavy atom. The maximum Gasteiger partial charge on any atom is 0.317 e. The molecule has 2 aliphatic rings. The number of carbonyl (C=O) groups excluding carboxylic acids is 1. The molecule has 0 aromatic rings. The lowest BCUT2D eigenvalue weighted by Crippen LogP contribution is -2.47. The van der Waals surface area contributed by atoms with Gasteiger partial charge in [0.25, 0.3) is 0 Å². The molecule has 2 aliphatic carbocycles. The molecule has 3 atom stereocenters. The second-order valence-corrected chi connectivity index (χ2v) is 5.45. The number of rotatable bonds is 5. The van der Waals surface area contributed by atoms with Crippen LogP contribution in [0.3, 0.4) is 0 Å². The summed E-state index contributed by atoms with van der Waals surface area (Å²) >= 11 is 0. The highest BCUT2D eigenvalue weighted by Crippen LogP contribution is 2.44. The van der Waals surface area contributed by atoms with Gasteiger partial charge < -0.3 is 15.3 Å². The zero-order valence-corrected chi connectivity index (χ0v) is 10.9. The van der Waals surface area contributed by atoms with Crippen LogP contribution in [-0.2, 0) is 4.79 Å². The Morgan fingerprint density at radius 1 is 1.33 bits per heavy atom. The molecule has 0 radical (unpaired) electrons. The number of amides is 2. The van der Waals surface area contributed by atoms with Gasteiger partial charge in [0.05, 0.1) is 6.42 Å². The first-order valence-electron chi connectivity index (χ1n) is 6.87. The maximum absolute atomic E-state index is 12.0. The lowest BCUT2D eigenvalue weighted by Gasteiger charge is -2.27. The third kappa shape index (κ3) is 2.94. The SMILES string of the molecule is CCN(CCC(=O)O)C(=O)NC1CC2CCC1C2. The van der Waals surface area contributed by atoms with Crippen LogP contribution in [0.25, 0.3) is 0 Å². The second kappa shape index (κ2) is 5.59. The molecule has 102 valence electrons. The number of aliphatic carboxylic acids is 1. The molecular weight excluding hydrogens is 232 g/mol. The molecule has 5 nitrogen and oxygen atoms in total. The Morgan fingerprint density at radius 2 is 2.11 bits per heavy atom. The molecule has 0 aliphatic heterocycles. The zero-order chi connectivity index (χ0) is 13.1. The number of nitrogens with one attached hydrogen (secondary N) is 1. The van der Waals surface area contributed by atoms with Gasteiger partial charge in [-0.1, -0.05) is 6.42 Å². The van der Waals surface area contributed by atoms with Crippen molar-refractivity contribution in [2.75, 3.05) is 13.1 Å². The van der Waals surface area contributed by atoms with E-state index in [0.717, 1.165) is 12.3 Å². The monoisotopic (exact) mass is 254 g/mol. The molecule has 2 bridgehead atoms. The number of urea groups is 1. The van der Waals surface area contributed by atoms with Gasteiger partial charge in [0.15, 0.2) is 0 Å². The Labute approximate surface area is 108 Å². The van der Waals surface area contributed by atoms with Crippen LogP contribution >= 0.6 is 0 Å². The van der Waals surface area contributed by atoms with Crippen molar-refractivity contribution in [2.24, 2.45) is 11.8 Å². The fraction of sp³-hybridized carbons (Fsp3) is 0.846. The molecule has 0 aromatic carbocycles. The molecule has 5 heteroatoms. The lowest BCUT2D eigenvalue weighted by atomic mass is 9.95. The molecule has 2 fully saturated rings. The third-order valence-electron chi connectivity index (χ3n) is 4.31. The van der Waals surface area contributed by atoms with E-state index in [9.17, 15) is 9.59 Å². The number of carbonyl (C=O) groups is 2. The van der Waals surface area contributed by atoms with E-state index in [1.807, 2.05) is 6.92 Å². The van der Waals surface area contributed by atoms with Gasteiger partial charge >= 0.3 is 12.0 Å². The van der Waals surface area contributed by atoms with Crippen molar-refractivity contribution in [2.45, 2.75) is 45.1 Å². The van der Waals surface area contributed by atoms with Crippen LogP contribution in [0.4, 0.5) is 4.79 Å². The van der Waals surface area contributed by atoms with Crippen molar-refractivity contribution in [1.29, 1.82) is 0 Å². The summed E-state index contributed by atoms with van der Waals surface area (Å²) in [6.45, 7) is 2.72. The summed E-state index contributed by atoms with van der Waals surface area (Å²) in [7, 11) is 0. The van der Waals surface area contributed by atoms with Crippen LogP contribution < -0.4 is 5.32 Å². The number of carboxylic acids is 1. The molecule has 2 amide bonds. The predicted octanol–water partition coefficient (Wildman–Crippen LogP) is 1.68. The van der Waals surface area contributed by atoms with Crippen LogP contribution in [0.2, 0.25) is 0 Å². The topological polar surface area (TPSA) is 69.6 Å². The fourth-order valence-electron chi connectivity index (χ4n) is 3.31. The fourth-order valence-corrected chi connectivity index (χ4v) is 3.31. The van der Waals surface area contributed by atoms with E-state index in [1.54, 1.807) is 4.90 Å². The van der Waals surface area contributed by atoms with E-state index >= 15 is 0 Å². The molecule has 0 saturated heterocycles. The number of hydrogen-bond acceptors (Lipinski definition) is 2. The van der Waals surface area contributed by atoms with E-state index in [2.05, 4.69) is 5.32 Å². The van der Waals surface area contributed by atoms with Crippen LogP contribution in [-0.4, -0.2) is 41.1 Å². The average Bonchev–Trinajstić information content (AvgIpc) is 2.91. The summed E-state index contributed by atoms with van der Waals surface area (Å²) in [4.78, 5) is 24.2. The quantitative estimate of drug-likeness (QED) is 0.784. The summed E-state index contributed by atoms with van der Waals surface area (Å²) in [5.41, 5.74) is 0. The molecular formula is C13H22N2O3. The van der Waals surface area contributed by atoms with Gasteiger partial charge in [0.1, 0.15) is 0 Å². The van der Waals surface area contributed by atoms with Crippen molar-refractivity contribution >= 4 is 12.0 Å². The van der Waals surface area contributed by atoms with Crippen LogP contribution in [0.15, 0.2) is 0 Å². The highest BCUT2D eigenvalue weighted by molar-refractivity contribution is 5.75. The minimum Gasteiger partial charge on any atom is -0.481 e. The molecule has 2 rings (SSSR count).